The summed E-state index contributed by atoms with van der Waals surface area (Å²) in [5.41, 5.74) is 2.12. The van der Waals surface area contributed by atoms with Crippen LogP contribution in [-0.4, -0.2) is 55.7 Å². The van der Waals surface area contributed by atoms with Crippen LogP contribution < -0.4 is 0 Å². The minimum Gasteiger partial charge on any atom is -0.297 e. The van der Waals surface area contributed by atoms with E-state index in [0.29, 0.717) is 0 Å². The normalized spacial score (nSPS) is 30.4. The van der Waals surface area contributed by atoms with Gasteiger partial charge in [-0.05, 0) is 63.0 Å². The minimum absolute atomic E-state index is 0.0554. The van der Waals surface area contributed by atoms with Crippen molar-refractivity contribution in [1.29, 1.82) is 0 Å². The van der Waals surface area contributed by atoms with Crippen molar-refractivity contribution in [2.45, 2.75) is 61.1 Å². The zero-order valence-corrected chi connectivity index (χ0v) is 19.1. The van der Waals surface area contributed by atoms with Gasteiger partial charge in [0.25, 0.3) is 0 Å². The molecule has 2 aromatic rings. The average molecular weight is 439 g/mol. The monoisotopic (exact) mass is 438 g/mol. The molecule has 4 nitrogen and oxygen atoms in total. The quantitative estimate of drug-likeness (QED) is 0.684. The molecule has 3 aliphatic rings. The van der Waals surface area contributed by atoms with Crippen molar-refractivity contribution in [3.8, 4) is 0 Å². The first-order chi connectivity index (χ1) is 15.2. The van der Waals surface area contributed by atoms with Gasteiger partial charge in [-0.1, -0.05) is 73.5 Å². The van der Waals surface area contributed by atoms with Crippen LogP contribution in [0.1, 0.15) is 60.9 Å². The van der Waals surface area contributed by atoms with E-state index in [9.17, 15) is 8.42 Å². The highest BCUT2D eigenvalue weighted by Crippen LogP contribution is 2.52. The highest BCUT2D eigenvalue weighted by molar-refractivity contribution is 7.94. The Hall–Kier alpha value is -1.69. The van der Waals surface area contributed by atoms with Gasteiger partial charge < -0.3 is 0 Å². The zero-order chi connectivity index (χ0) is 21.3. The van der Waals surface area contributed by atoms with E-state index in [2.05, 4.69) is 34.1 Å². The van der Waals surface area contributed by atoms with Gasteiger partial charge in [0.1, 0.15) is 5.25 Å². The predicted molar refractivity (Wildman–Crippen MR) is 126 cm³/mol. The van der Waals surface area contributed by atoms with Crippen LogP contribution in [0.3, 0.4) is 0 Å². The van der Waals surface area contributed by atoms with Crippen molar-refractivity contribution in [3.05, 3.63) is 71.8 Å². The number of sulfone groups is 1. The lowest BCUT2D eigenvalue weighted by atomic mass is 9.88. The molecule has 3 fully saturated rings. The Morgan fingerprint density at radius 1 is 0.710 bits per heavy atom. The van der Waals surface area contributed by atoms with E-state index in [1.165, 1.54) is 25.7 Å². The number of likely N-dealkylation sites (tertiary alicyclic amines) is 2. The van der Waals surface area contributed by atoms with Crippen LogP contribution in [-0.2, 0) is 9.84 Å². The molecule has 2 aromatic carbocycles. The van der Waals surface area contributed by atoms with Crippen molar-refractivity contribution in [3.63, 3.8) is 0 Å². The van der Waals surface area contributed by atoms with Crippen LogP contribution in [0.25, 0.3) is 0 Å². The summed E-state index contributed by atoms with van der Waals surface area (Å²) in [5.74, 6) is 0. The van der Waals surface area contributed by atoms with Gasteiger partial charge in [-0.3, -0.25) is 9.80 Å². The van der Waals surface area contributed by atoms with Crippen molar-refractivity contribution < 1.29 is 8.42 Å². The number of benzene rings is 2. The largest absolute Gasteiger partial charge is 0.297 e. The van der Waals surface area contributed by atoms with E-state index in [1.54, 1.807) is 0 Å². The molecule has 0 bridgehead atoms. The smallest absolute Gasteiger partial charge is 0.165 e. The summed E-state index contributed by atoms with van der Waals surface area (Å²) in [6.07, 6.45) is 7.16. The molecule has 0 saturated carbocycles. The first-order valence-corrected chi connectivity index (χ1v) is 13.6. The highest BCUT2D eigenvalue weighted by Gasteiger charge is 2.62. The maximum Gasteiger partial charge on any atom is 0.165 e. The van der Waals surface area contributed by atoms with Gasteiger partial charge in [0.15, 0.2) is 9.84 Å². The van der Waals surface area contributed by atoms with Crippen LogP contribution >= 0.6 is 0 Å². The standard InChI is InChI=1S/C26H34N2O2S/c29-31(30)25(22-15-7-2-8-16-22)24(28-19-11-4-12-20-28)26(31)23(21-13-5-1-6-14-21)27-17-9-3-10-18-27/h1-2,5-8,13-16,23-26H,3-4,9-12,17-20H2/t23-,24+,25-,26+/m1/s1. The highest BCUT2D eigenvalue weighted by atomic mass is 32.2. The summed E-state index contributed by atoms with van der Waals surface area (Å²) >= 11 is 0. The fourth-order valence-corrected chi connectivity index (χ4v) is 8.85. The van der Waals surface area contributed by atoms with Gasteiger partial charge in [0.05, 0.1) is 11.3 Å². The molecule has 0 aromatic heterocycles. The Morgan fingerprint density at radius 3 is 1.87 bits per heavy atom. The number of piperidine rings is 2. The van der Waals surface area contributed by atoms with Crippen molar-refractivity contribution in [2.24, 2.45) is 0 Å². The molecular formula is C26H34N2O2S. The lowest BCUT2D eigenvalue weighted by Gasteiger charge is -2.55. The van der Waals surface area contributed by atoms with Crippen molar-refractivity contribution >= 4 is 9.84 Å². The molecule has 0 N–H and O–H groups in total. The second kappa shape index (κ2) is 9.05. The third kappa shape index (κ3) is 3.96. The molecule has 166 valence electrons. The number of hydrogen-bond donors (Lipinski definition) is 0. The molecule has 4 atom stereocenters. The molecule has 31 heavy (non-hydrogen) atoms. The van der Waals surface area contributed by atoms with Crippen LogP contribution in [0.2, 0.25) is 0 Å². The van der Waals surface area contributed by atoms with Crippen LogP contribution in [0.4, 0.5) is 0 Å². The van der Waals surface area contributed by atoms with E-state index in [4.69, 9.17) is 0 Å². The van der Waals surface area contributed by atoms with Gasteiger partial charge in [-0.2, -0.15) is 0 Å². The molecule has 3 saturated heterocycles. The van der Waals surface area contributed by atoms with E-state index < -0.39 is 15.1 Å². The molecule has 0 unspecified atom stereocenters. The second-order valence-electron chi connectivity index (χ2n) is 9.42. The maximum atomic E-state index is 14.0. The van der Waals surface area contributed by atoms with Crippen molar-refractivity contribution in [2.75, 3.05) is 26.2 Å². The molecule has 0 amide bonds. The van der Waals surface area contributed by atoms with Crippen molar-refractivity contribution in [1.82, 2.24) is 9.80 Å². The van der Waals surface area contributed by atoms with Crippen LogP contribution in [0.5, 0.6) is 0 Å². The summed E-state index contributed by atoms with van der Waals surface area (Å²) in [6, 6.07) is 20.4. The summed E-state index contributed by atoms with van der Waals surface area (Å²) < 4.78 is 28.0. The second-order valence-corrected chi connectivity index (χ2v) is 11.7. The molecule has 0 aliphatic carbocycles. The van der Waals surface area contributed by atoms with E-state index in [-0.39, 0.29) is 17.3 Å². The topological polar surface area (TPSA) is 40.6 Å². The molecule has 0 spiro atoms. The summed E-state index contributed by atoms with van der Waals surface area (Å²) in [4.78, 5) is 4.98. The van der Waals surface area contributed by atoms with Gasteiger partial charge in [0, 0.05) is 6.04 Å². The van der Waals surface area contributed by atoms with E-state index in [0.717, 1.165) is 50.1 Å². The molecule has 3 aliphatic heterocycles. The first-order valence-electron chi connectivity index (χ1n) is 12.0. The van der Waals surface area contributed by atoms with Gasteiger partial charge in [0.2, 0.25) is 0 Å². The molecular weight excluding hydrogens is 404 g/mol. The Bertz CT molecular complexity index is 951. The third-order valence-corrected chi connectivity index (χ3v) is 10.1. The third-order valence-electron chi connectivity index (χ3n) is 7.56. The zero-order valence-electron chi connectivity index (χ0n) is 18.3. The fourth-order valence-electron chi connectivity index (χ4n) is 6.11. The first kappa shape index (κ1) is 21.2. The lowest BCUT2D eigenvalue weighted by molar-refractivity contribution is 0.0804. The summed E-state index contributed by atoms with van der Waals surface area (Å²) in [5, 5.41) is -0.774. The van der Waals surface area contributed by atoms with Crippen LogP contribution in [0.15, 0.2) is 60.7 Å². The average Bonchev–Trinajstić information content (AvgIpc) is 2.83. The summed E-state index contributed by atoms with van der Waals surface area (Å²) in [6.45, 7) is 4.02. The number of hydrogen-bond acceptors (Lipinski definition) is 4. The molecule has 5 heteroatoms. The predicted octanol–water partition coefficient (Wildman–Crippen LogP) is 4.61. The summed E-state index contributed by atoms with van der Waals surface area (Å²) in [7, 11) is -3.29. The molecule has 3 heterocycles. The van der Waals surface area contributed by atoms with Gasteiger partial charge in [-0.15, -0.1) is 0 Å². The minimum atomic E-state index is -3.29. The molecule has 5 rings (SSSR count). The van der Waals surface area contributed by atoms with E-state index >= 15 is 0 Å². The Labute approximate surface area is 187 Å². The van der Waals surface area contributed by atoms with E-state index in [1.807, 2.05) is 36.4 Å². The Kier molecular flexibility index (Phi) is 6.18. The van der Waals surface area contributed by atoms with Gasteiger partial charge >= 0.3 is 0 Å². The van der Waals surface area contributed by atoms with Crippen LogP contribution in [0, 0.1) is 0 Å². The van der Waals surface area contributed by atoms with Gasteiger partial charge in [-0.25, -0.2) is 8.42 Å². The SMILES string of the molecule is O=S1(=O)[C@@H]([C@@H](c2ccccc2)N2CCCCC2)[C@@H](N2CCCCC2)[C@H]1c1ccccc1. The number of rotatable bonds is 5. The maximum absolute atomic E-state index is 14.0. The Morgan fingerprint density at radius 2 is 1.26 bits per heavy atom. The number of nitrogens with zero attached hydrogens (tertiary/aromatic N) is 2. The Balaban J connectivity index is 1.58. The molecule has 0 radical (unpaired) electrons. The fraction of sp³-hybridized carbons (Fsp3) is 0.538. The lowest BCUT2D eigenvalue weighted by Crippen LogP contribution is -2.66.